The van der Waals surface area contributed by atoms with Crippen LogP contribution in [0.1, 0.15) is 41.5 Å². The van der Waals surface area contributed by atoms with Gasteiger partial charge in [0.05, 0.1) is 19.8 Å². The van der Waals surface area contributed by atoms with E-state index in [1.807, 2.05) is 0 Å². The zero-order valence-corrected chi connectivity index (χ0v) is 18.6. The summed E-state index contributed by atoms with van der Waals surface area (Å²) in [5.74, 6) is -3.67. The van der Waals surface area contributed by atoms with Crippen molar-refractivity contribution in [3.63, 3.8) is 0 Å². The van der Waals surface area contributed by atoms with Crippen molar-refractivity contribution in [1.82, 2.24) is 0 Å². The molecule has 10 heteroatoms. The average molecular weight is 496 g/mol. The summed E-state index contributed by atoms with van der Waals surface area (Å²) >= 11 is 0. The average Bonchev–Trinajstić information content (AvgIpc) is 2.47. The second-order valence-electron chi connectivity index (χ2n) is 6.99. The van der Waals surface area contributed by atoms with Crippen molar-refractivity contribution in [2.24, 2.45) is 16.2 Å². The van der Waals surface area contributed by atoms with Gasteiger partial charge in [-0.15, -0.1) is 0 Å². The minimum Gasteiger partial charge on any atom is -0.549 e. The first-order valence-corrected chi connectivity index (χ1v) is 6.98. The van der Waals surface area contributed by atoms with Crippen LogP contribution in [0.2, 0.25) is 0 Å². The van der Waals surface area contributed by atoms with Gasteiger partial charge in [-0.25, -0.2) is 0 Å². The zero-order valence-electron chi connectivity index (χ0n) is 15.4. The predicted molar refractivity (Wildman–Crippen MR) is 77.6 cm³/mol. The maximum atomic E-state index is 9.98. The molecule has 0 aromatic heterocycles. The van der Waals surface area contributed by atoms with Crippen LogP contribution < -0.4 is 15.3 Å². The molecule has 0 unspecified atom stereocenters. The Kier molecular flexibility index (Phi) is 17.8. The molecular weight excluding hydrogens is 468 g/mol. The Morgan fingerprint density at radius 2 is 0.720 bits per heavy atom. The molecule has 0 heterocycles. The minimum absolute atomic E-state index is 0. The Morgan fingerprint density at radius 1 is 0.600 bits per heavy atom. The number of hydrogen-bond acceptors (Lipinski definition) is 9. The molecule has 0 aliphatic rings. The third kappa shape index (κ3) is 15.6. The quantitative estimate of drug-likeness (QED) is 0.333. The van der Waals surface area contributed by atoms with Crippen molar-refractivity contribution in [3.05, 3.63) is 0 Å². The molecule has 0 amide bonds. The molecule has 0 bridgehead atoms. The molecule has 0 saturated carbocycles. The number of carboxylic acids is 3. The van der Waals surface area contributed by atoms with Crippen LogP contribution in [0.5, 0.6) is 0 Å². The summed E-state index contributed by atoms with van der Waals surface area (Å²) in [4.78, 5) is 29.9. The number of rotatable bonds is 6. The third-order valence-corrected chi connectivity index (χ3v) is 2.84. The van der Waals surface area contributed by atoms with Crippen LogP contribution in [0, 0.1) is 57.1 Å². The van der Waals surface area contributed by atoms with E-state index in [4.69, 9.17) is 15.3 Å². The first kappa shape index (κ1) is 32.3. The molecule has 3 N–H and O–H groups in total. The summed E-state index contributed by atoms with van der Waals surface area (Å²) in [5.41, 5.74) is -3.29. The van der Waals surface area contributed by atoms with E-state index < -0.39 is 34.2 Å². The monoisotopic (exact) mass is 493 g/mol. The van der Waals surface area contributed by atoms with Crippen LogP contribution in [-0.4, -0.2) is 53.0 Å². The van der Waals surface area contributed by atoms with Gasteiger partial charge in [-0.05, 0) is 0 Å². The van der Waals surface area contributed by atoms with E-state index in [0.29, 0.717) is 0 Å². The largest absolute Gasteiger partial charge is 3.00 e. The fraction of sp³-hybridized carbons (Fsp3) is 0.800. The van der Waals surface area contributed by atoms with Crippen molar-refractivity contribution in [2.45, 2.75) is 41.5 Å². The smallest absolute Gasteiger partial charge is 0.549 e. The third-order valence-electron chi connectivity index (χ3n) is 2.84. The summed E-state index contributed by atoms with van der Waals surface area (Å²) in [5, 5.41) is 55.0. The van der Waals surface area contributed by atoms with Crippen LogP contribution in [0.15, 0.2) is 0 Å². The maximum Gasteiger partial charge on any atom is 3.00 e. The van der Waals surface area contributed by atoms with Crippen LogP contribution in [0.3, 0.4) is 0 Å². The molecule has 0 aromatic rings. The first-order valence-electron chi connectivity index (χ1n) is 6.98. The number of aliphatic hydroxyl groups excluding tert-OH is 3. The Morgan fingerprint density at radius 3 is 0.720 bits per heavy atom. The molecule has 0 aromatic carbocycles. The van der Waals surface area contributed by atoms with E-state index in [-0.39, 0.29) is 60.7 Å². The summed E-state index contributed by atoms with van der Waals surface area (Å²) in [6.07, 6.45) is 0. The van der Waals surface area contributed by atoms with Gasteiger partial charge in [-0.3, -0.25) is 0 Å². The molecular formula is C15H27NdO9. The van der Waals surface area contributed by atoms with Gasteiger partial charge >= 0.3 is 40.8 Å². The van der Waals surface area contributed by atoms with Crippen molar-refractivity contribution >= 4 is 17.9 Å². The molecule has 0 atom stereocenters. The van der Waals surface area contributed by atoms with Gasteiger partial charge in [0.25, 0.3) is 0 Å². The fourth-order valence-electron chi connectivity index (χ4n) is 0.194. The van der Waals surface area contributed by atoms with E-state index in [1.165, 1.54) is 41.5 Å². The normalized spacial score (nSPS) is 10.9. The van der Waals surface area contributed by atoms with E-state index in [0.717, 1.165) is 0 Å². The predicted octanol–water partition coefficient (Wildman–Crippen LogP) is -3.74. The summed E-state index contributed by atoms with van der Waals surface area (Å²) in [7, 11) is 0. The van der Waals surface area contributed by atoms with Crippen molar-refractivity contribution in [1.29, 1.82) is 0 Å². The standard InChI is InChI=1S/3C5H10O3.Nd/c3*1-5(2,3-6)4(7)8;/h3*6H,3H2,1-2H3,(H,7,8);/q;;;+3/p-3. The molecule has 145 valence electrons. The molecule has 0 fully saturated rings. The molecule has 1 radical (unpaired) electrons. The number of hydrogen-bond donors (Lipinski definition) is 3. The van der Waals surface area contributed by atoms with Crippen LogP contribution in [0.25, 0.3) is 0 Å². The number of aliphatic hydroxyl groups is 3. The van der Waals surface area contributed by atoms with Crippen LogP contribution in [-0.2, 0) is 14.4 Å². The van der Waals surface area contributed by atoms with Gasteiger partial charge in [0.1, 0.15) is 0 Å². The van der Waals surface area contributed by atoms with E-state index >= 15 is 0 Å². The van der Waals surface area contributed by atoms with Crippen LogP contribution in [0.4, 0.5) is 0 Å². The Labute approximate surface area is 180 Å². The van der Waals surface area contributed by atoms with Crippen molar-refractivity contribution in [3.8, 4) is 0 Å². The van der Waals surface area contributed by atoms with Gasteiger partial charge in [0.15, 0.2) is 0 Å². The van der Waals surface area contributed by atoms with Gasteiger partial charge < -0.3 is 45.0 Å². The van der Waals surface area contributed by atoms with Crippen molar-refractivity contribution in [2.75, 3.05) is 19.8 Å². The Hall–Kier alpha value is -0.359. The summed E-state index contributed by atoms with van der Waals surface area (Å²) in [6.45, 7) is 7.29. The molecule has 25 heavy (non-hydrogen) atoms. The Balaban J connectivity index is -0.000000130. The SMILES string of the molecule is CC(C)(CO)C(=O)[O-].CC(C)(CO)C(=O)[O-].CC(C)(CO)C(=O)[O-].[Nd+3]. The summed E-state index contributed by atoms with van der Waals surface area (Å²) in [6, 6.07) is 0. The Bertz CT molecular complexity index is 355. The maximum absolute atomic E-state index is 9.98. The van der Waals surface area contributed by atoms with Gasteiger partial charge in [0, 0.05) is 34.2 Å². The number of carbonyl (C=O) groups is 3. The van der Waals surface area contributed by atoms with E-state index in [9.17, 15) is 29.7 Å². The van der Waals surface area contributed by atoms with Crippen molar-refractivity contribution < 1.29 is 85.9 Å². The molecule has 0 aliphatic heterocycles. The number of carboxylic acid groups (broad SMARTS) is 3. The molecule has 0 spiro atoms. The second kappa shape index (κ2) is 13.8. The van der Waals surface area contributed by atoms with Gasteiger partial charge in [0.2, 0.25) is 0 Å². The number of aliphatic carboxylic acids is 3. The minimum atomic E-state index is -1.22. The first-order chi connectivity index (χ1) is 10.5. The van der Waals surface area contributed by atoms with Crippen LogP contribution >= 0.6 is 0 Å². The zero-order chi connectivity index (χ0) is 20.4. The summed E-state index contributed by atoms with van der Waals surface area (Å²) < 4.78 is 0. The van der Waals surface area contributed by atoms with Gasteiger partial charge in [-0.1, -0.05) is 41.5 Å². The van der Waals surface area contributed by atoms with E-state index in [2.05, 4.69) is 0 Å². The molecule has 9 nitrogen and oxygen atoms in total. The van der Waals surface area contributed by atoms with Gasteiger partial charge in [-0.2, -0.15) is 0 Å². The second-order valence-corrected chi connectivity index (χ2v) is 6.99. The molecule has 0 aliphatic carbocycles. The fourth-order valence-corrected chi connectivity index (χ4v) is 0.194. The topological polar surface area (TPSA) is 181 Å². The molecule has 0 rings (SSSR count). The molecule has 0 saturated heterocycles. The number of carbonyl (C=O) groups excluding carboxylic acids is 3. The van der Waals surface area contributed by atoms with E-state index in [1.54, 1.807) is 0 Å².